The molecule has 1 aliphatic carbocycles. The molecule has 192 valence electrons. The van der Waals surface area contributed by atoms with E-state index in [1.807, 2.05) is 19.9 Å². The molecule has 1 aromatic heterocycles. The molecule has 2 aromatic rings. The molecule has 0 saturated carbocycles. The number of likely N-dealkylation sites (N-methyl/N-ethyl adjacent to an activating group) is 1. The third-order valence-electron chi connectivity index (χ3n) is 7.05. The van der Waals surface area contributed by atoms with E-state index in [2.05, 4.69) is 11.1 Å². The predicted molar refractivity (Wildman–Crippen MR) is 135 cm³/mol. The van der Waals surface area contributed by atoms with E-state index >= 15 is 0 Å². The zero-order valence-electron chi connectivity index (χ0n) is 21.1. The van der Waals surface area contributed by atoms with Gasteiger partial charge in [0.25, 0.3) is 11.8 Å². The maximum absolute atomic E-state index is 13.7. The van der Waals surface area contributed by atoms with Crippen molar-refractivity contribution in [2.24, 2.45) is 5.92 Å². The molecular formula is C28H34FN3O4. The van der Waals surface area contributed by atoms with Crippen LogP contribution in [0.25, 0.3) is 5.57 Å². The van der Waals surface area contributed by atoms with Gasteiger partial charge in [0.1, 0.15) is 17.5 Å². The van der Waals surface area contributed by atoms with E-state index in [-0.39, 0.29) is 42.3 Å². The van der Waals surface area contributed by atoms with Crippen molar-refractivity contribution in [1.82, 2.24) is 14.8 Å². The number of amides is 2. The Bertz CT molecular complexity index is 1150. The number of fused-ring (bicyclic) bond motifs is 1. The number of carbonyl (C=O) groups excluding carboxylic acids is 2. The number of hydrogen-bond donors (Lipinski definition) is 1. The van der Waals surface area contributed by atoms with Gasteiger partial charge in [0, 0.05) is 31.3 Å². The molecule has 0 radical (unpaired) electrons. The Hall–Kier alpha value is -3.26. The summed E-state index contributed by atoms with van der Waals surface area (Å²) in [5.41, 5.74) is 2.70. The largest absolute Gasteiger partial charge is 0.472 e. The van der Waals surface area contributed by atoms with Gasteiger partial charge in [-0.05, 0) is 68.0 Å². The average Bonchev–Trinajstić information content (AvgIpc) is 2.90. The van der Waals surface area contributed by atoms with Crippen LogP contribution in [0.3, 0.4) is 0 Å². The average molecular weight is 496 g/mol. The summed E-state index contributed by atoms with van der Waals surface area (Å²) in [6, 6.07) is 7.04. The van der Waals surface area contributed by atoms with Gasteiger partial charge in [-0.1, -0.05) is 19.1 Å². The van der Waals surface area contributed by atoms with E-state index in [1.165, 1.54) is 28.7 Å². The molecule has 0 unspecified atom stereocenters. The number of ether oxygens (including phenoxy) is 1. The lowest BCUT2D eigenvalue weighted by Gasteiger charge is -2.37. The van der Waals surface area contributed by atoms with Crippen LogP contribution < -0.4 is 4.74 Å². The molecule has 0 bridgehead atoms. The number of rotatable bonds is 6. The van der Waals surface area contributed by atoms with Crippen molar-refractivity contribution >= 4 is 17.4 Å². The topological polar surface area (TPSA) is 83.0 Å². The van der Waals surface area contributed by atoms with Gasteiger partial charge in [-0.3, -0.25) is 9.59 Å². The molecule has 1 aliphatic heterocycles. The highest BCUT2D eigenvalue weighted by molar-refractivity contribution is 5.97. The number of aromatic nitrogens is 1. The number of nitrogens with zero attached hydrogens (tertiary/aromatic N) is 3. The molecule has 1 N–H and O–H groups in total. The van der Waals surface area contributed by atoms with Crippen LogP contribution in [0.1, 0.15) is 65.8 Å². The standard InChI is InChI=1S/C28H34FN3O4/c1-18-15-32(19(2)17-33)28(35)24-13-22(20-8-5-4-6-9-20)14-30-26(24)36-25(18)16-31(3)27(34)21-10-7-11-23(29)12-21/h7-8,10-14,18-19,25,33H,4-6,9,15-17H2,1-3H3/t18-,19-,25-/m0/s1. The number of allylic oxidation sites excluding steroid dienone is 2. The number of halogens is 1. The fourth-order valence-corrected chi connectivity index (χ4v) is 4.79. The van der Waals surface area contributed by atoms with Crippen molar-refractivity contribution in [3.05, 3.63) is 65.1 Å². The molecule has 0 spiro atoms. The normalized spacial score (nSPS) is 21.0. The van der Waals surface area contributed by atoms with Gasteiger partial charge in [0.15, 0.2) is 0 Å². The second-order valence-electron chi connectivity index (χ2n) is 9.87. The second kappa shape index (κ2) is 11.2. The second-order valence-corrected chi connectivity index (χ2v) is 9.87. The van der Waals surface area contributed by atoms with Crippen LogP contribution in [0.4, 0.5) is 4.39 Å². The molecule has 7 nitrogen and oxygen atoms in total. The van der Waals surface area contributed by atoms with Gasteiger partial charge in [0.2, 0.25) is 5.88 Å². The lowest BCUT2D eigenvalue weighted by Crippen LogP contribution is -2.50. The van der Waals surface area contributed by atoms with E-state index < -0.39 is 18.0 Å². The van der Waals surface area contributed by atoms with E-state index in [4.69, 9.17) is 4.74 Å². The number of carbonyl (C=O) groups is 2. The summed E-state index contributed by atoms with van der Waals surface area (Å²) < 4.78 is 20.0. The van der Waals surface area contributed by atoms with Crippen LogP contribution in [0.5, 0.6) is 5.88 Å². The molecule has 2 aliphatic rings. The molecule has 4 rings (SSSR count). The smallest absolute Gasteiger partial charge is 0.259 e. The summed E-state index contributed by atoms with van der Waals surface area (Å²) in [5.74, 6) is -0.970. The molecule has 2 heterocycles. The van der Waals surface area contributed by atoms with Gasteiger partial charge in [-0.15, -0.1) is 0 Å². The molecule has 0 fully saturated rings. The Balaban J connectivity index is 1.65. The molecule has 2 amide bonds. The lowest BCUT2D eigenvalue weighted by atomic mass is 9.93. The number of benzene rings is 1. The fraction of sp³-hybridized carbons (Fsp3) is 0.464. The van der Waals surface area contributed by atoms with Gasteiger partial charge in [-0.2, -0.15) is 0 Å². The van der Waals surface area contributed by atoms with Crippen molar-refractivity contribution < 1.29 is 23.8 Å². The predicted octanol–water partition coefficient (Wildman–Crippen LogP) is 4.17. The zero-order chi connectivity index (χ0) is 25.8. The maximum atomic E-state index is 13.7. The van der Waals surface area contributed by atoms with E-state index in [0.717, 1.165) is 31.2 Å². The number of pyridine rings is 1. The van der Waals surface area contributed by atoms with Crippen molar-refractivity contribution in [1.29, 1.82) is 0 Å². The number of hydrogen-bond acceptors (Lipinski definition) is 5. The van der Waals surface area contributed by atoms with Gasteiger partial charge < -0.3 is 19.6 Å². The third kappa shape index (κ3) is 5.59. The van der Waals surface area contributed by atoms with E-state index in [1.54, 1.807) is 24.2 Å². The Morgan fingerprint density at radius 3 is 2.83 bits per heavy atom. The van der Waals surface area contributed by atoms with Crippen LogP contribution in [0.15, 0.2) is 42.6 Å². The first-order valence-electron chi connectivity index (χ1n) is 12.6. The Kier molecular flexibility index (Phi) is 8.04. The van der Waals surface area contributed by atoms with E-state index in [9.17, 15) is 19.1 Å². The zero-order valence-corrected chi connectivity index (χ0v) is 21.1. The van der Waals surface area contributed by atoms with Crippen LogP contribution in [-0.2, 0) is 0 Å². The van der Waals surface area contributed by atoms with Crippen LogP contribution >= 0.6 is 0 Å². The third-order valence-corrected chi connectivity index (χ3v) is 7.05. The minimum atomic E-state index is -0.473. The number of aliphatic hydroxyl groups excluding tert-OH is 1. The van der Waals surface area contributed by atoms with Crippen molar-refractivity contribution in [3.8, 4) is 5.88 Å². The molecular weight excluding hydrogens is 461 g/mol. The summed E-state index contributed by atoms with van der Waals surface area (Å²) in [6.45, 7) is 4.15. The summed E-state index contributed by atoms with van der Waals surface area (Å²) in [5, 5.41) is 9.86. The minimum absolute atomic E-state index is 0.165. The van der Waals surface area contributed by atoms with Crippen LogP contribution in [0.2, 0.25) is 0 Å². The summed E-state index contributed by atoms with van der Waals surface area (Å²) in [4.78, 5) is 34.3. The Labute approximate surface area is 211 Å². The lowest BCUT2D eigenvalue weighted by molar-refractivity contribution is 0.0313. The Morgan fingerprint density at radius 1 is 1.33 bits per heavy atom. The minimum Gasteiger partial charge on any atom is -0.472 e. The van der Waals surface area contributed by atoms with Crippen molar-refractivity contribution in [3.63, 3.8) is 0 Å². The molecule has 0 saturated heterocycles. The summed E-state index contributed by atoms with van der Waals surface area (Å²) >= 11 is 0. The first-order chi connectivity index (χ1) is 17.3. The quantitative estimate of drug-likeness (QED) is 0.651. The van der Waals surface area contributed by atoms with Gasteiger partial charge >= 0.3 is 0 Å². The monoisotopic (exact) mass is 495 g/mol. The first kappa shape index (κ1) is 25.8. The van der Waals surface area contributed by atoms with Crippen molar-refractivity contribution in [2.45, 2.75) is 51.7 Å². The van der Waals surface area contributed by atoms with E-state index in [0.29, 0.717) is 12.1 Å². The molecule has 8 heteroatoms. The highest BCUT2D eigenvalue weighted by atomic mass is 19.1. The summed E-state index contributed by atoms with van der Waals surface area (Å²) in [7, 11) is 1.65. The molecule has 3 atom stereocenters. The van der Waals surface area contributed by atoms with Crippen molar-refractivity contribution in [2.75, 3.05) is 26.7 Å². The molecule has 1 aromatic carbocycles. The first-order valence-corrected chi connectivity index (χ1v) is 12.6. The number of aliphatic hydroxyl groups is 1. The summed E-state index contributed by atoms with van der Waals surface area (Å²) in [6.07, 6.45) is 7.69. The van der Waals surface area contributed by atoms with Gasteiger partial charge in [-0.25, -0.2) is 9.37 Å². The fourth-order valence-electron chi connectivity index (χ4n) is 4.79. The molecule has 36 heavy (non-hydrogen) atoms. The van der Waals surface area contributed by atoms with Crippen LogP contribution in [0, 0.1) is 11.7 Å². The Morgan fingerprint density at radius 2 is 2.14 bits per heavy atom. The SMILES string of the molecule is C[C@H]1CN([C@@H](C)CO)C(=O)c2cc(C3=CCCCC3)cnc2O[C@H]1CN(C)C(=O)c1cccc(F)c1. The highest BCUT2D eigenvalue weighted by Gasteiger charge is 2.35. The van der Waals surface area contributed by atoms with Gasteiger partial charge in [0.05, 0.1) is 19.2 Å². The maximum Gasteiger partial charge on any atom is 0.259 e. The highest BCUT2D eigenvalue weighted by Crippen LogP contribution is 2.32. The van der Waals surface area contributed by atoms with Crippen LogP contribution in [-0.4, -0.2) is 70.6 Å².